The van der Waals surface area contributed by atoms with Crippen molar-refractivity contribution < 1.29 is 9.90 Å². The highest BCUT2D eigenvalue weighted by molar-refractivity contribution is 6.01. The second kappa shape index (κ2) is 4.28. The standard InChI is InChI=1S/C14H17N3O2/c15-10-4-1-3-9-7-11(16-12(9)10)13(19)17-14(8-18)5-2-6-14/h1,3-4,7,16,18H,2,5-6,8,15H2,(H,17,19). The van der Waals surface area contributed by atoms with Gasteiger partial charge in [0, 0.05) is 5.39 Å². The highest BCUT2D eigenvalue weighted by Crippen LogP contribution is 2.31. The highest BCUT2D eigenvalue weighted by atomic mass is 16.3. The van der Waals surface area contributed by atoms with Crippen LogP contribution in [0.15, 0.2) is 24.3 Å². The number of nitrogens with one attached hydrogen (secondary N) is 2. The number of amides is 1. The number of para-hydroxylation sites is 1. The van der Waals surface area contributed by atoms with E-state index in [1.54, 1.807) is 12.1 Å². The van der Waals surface area contributed by atoms with Crippen LogP contribution in [0.5, 0.6) is 0 Å². The van der Waals surface area contributed by atoms with E-state index >= 15 is 0 Å². The first-order valence-corrected chi connectivity index (χ1v) is 6.44. The molecular weight excluding hydrogens is 242 g/mol. The molecule has 100 valence electrons. The number of aromatic nitrogens is 1. The number of carbonyl (C=O) groups is 1. The van der Waals surface area contributed by atoms with Crippen molar-refractivity contribution >= 4 is 22.5 Å². The Morgan fingerprint density at radius 3 is 2.84 bits per heavy atom. The van der Waals surface area contributed by atoms with E-state index in [1.807, 2.05) is 12.1 Å². The van der Waals surface area contributed by atoms with E-state index in [9.17, 15) is 9.90 Å². The Morgan fingerprint density at radius 1 is 1.47 bits per heavy atom. The lowest BCUT2D eigenvalue weighted by Crippen LogP contribution is -2.56. The normalized spacial score (nSPS) is 17.1. The molecule has 0 unspecified atom stereocenters. The molecule has 1 fully saturated rings. The Hall–Kier alpha value is -2.01. The number of anilines is 1. The van der Waals surface area contributed by atoms with E-state index < -0.39 is 5.54 Å². The van der Waals surface area contributed by atoms with Crippen molar-refractivity contribution in [2.75, 3.05) is 12.3 Å². The molecule has 2 aromatic rings. The summed E-state index contributed by atoms with van der Waals surface area (Å²) in [5, 5.41) is 13.2. The van der Waals surface area contributed by atoms with Gasteiger partial charge < -0.3 is 21.1 Å². The molecule has 0 radical (unpaired) electrons. The molecule has 1 heterocycles. The Kier molecular flexibility index (Phi) is 2.71. The predicted molar refractivity (Wildman–Crippen MR) is 73.8 cm³/mol. The van der Waals surface area contributed by atoms with E-state index in [2.05, 4.69) is 10.3 Å². The van der Waals surface area contributed by atoms with Gasteiger partial charge in [-0.05, 0) is 31.4 Å². The lowest BCUT2D eigenvalue weighted by Gasteiger charge is -2.40. The summed E-state index contributed by atoms with van der Waals surface area (Å²) in [5.74, 6) is -0.190. The number of nitrogen functional groups attached to an aromatic ring is 1. The average molecular weight is 259 g/mol. The lowest BCUT2D eigenvalue weighted by atomic mass is 9.77. The van der Waals surface area contributed by atoms with Crippen LogP contribution in [-0.2, 0) is 0 Å². The van der Waals surface area contributed by atoms with Crippen LogP contribution in [-0.4, -0.2) is 28.1 Å². The average Bonchev–Trinajstić information content (AvgIpc) is 2.79. The molecule has 19 heavy (non-hydrogen) atoms. The zero-order valence-corrected chi connectivity index (χ0v) is 10.6. The summed E-state index contributed by atoms with van der Waals surface area (Å²) in [6.45, 7) is -0.0128. The zero-order chi connectivity index (χ0) is 13.5. The van der Waals surface area contributed by atoms with E-state index in [0.717, 1.165) is 30.2 Å². The molecule has 1 aliphatic rings. The van der Waals surface area contributed by atoms with Crippen LogP contribution in [0.25, 0.3) is 10.9 Å². The van der Waals surface area contributed by atoms with Crippen LogP contribution >= 0.6 is 0 Å². The van der Waals surface area contributed by atoms with Gasteiger partial charge in [-0.25, -0.2) is 0 Å². The van der Waals surface area contributed by atoms with Crippen LogP contribution in [0.2, 0.25) is 0 Å². The summed E-state index contributed by atoms with van der Waals surface area (Å²) in [5.41, 5.74) is 7.31. The number of rotatable bonds is 3. The molecule has 5 heteroatoms. The van der Waals surface area contributed by atoms with E-state index in [0.29, 0.717) is 11.4 Å². The van der Waals surface area contributed by atoms with Crippen LogP contribution in [0.1, 0.15) is 29.8 Å². The molecule has 1 aliphatic carbocycles. The van der Waals surface area contributed by atoms with Gasteiger partial charge in [0.2, 0.25) is 0 Å². The number of nitrogens with two attached hydrogens (primary N) is 1. The molecule has 0 aliphatic heterocycles. The number of fused-ring (bicyclic) bond motifs is 1. The minimum Gasteiger partial charge on any atom is -0.397 e. The zero-order valence-electron chi connectivity index (χ0n) is 10.6. The van der Waals surface area contributed by atoms with Crippen LogP contribution in [0.3, 0.4) is 0 Å². The lowest BCUT2D eigenvalue weighted by molar-refractivity contribution is 0.0638. The van der Waals surface area contributed by atoms with Gasteiger partial charge in [-0.3, -0.25) is 4.79 Å². The number of aliphatic hydroxyl groups excluding tert-OH is 1. The monoisotopic (exact) mass is 259 g/mol. The molecule has 0 saturated heterocycles. The Bertz CT molecular complexity index is 623. The van der Waals surface area contributed by atoms with E-state index in [4.69, 9.17) is 5.73 Å². The fraction of sp³-hybridized carbons (Fsp3) is 0.357. The molecule has 1 aromatic carbocycles. The fourth-order valence-electron chi connectivity index (χ4n) is 2.54. The first-order valence-electron chi connectivity index (χ1n) is 6.44. The van der Waals surface area contributed by atoms with Gasteiger partial charge in [-0.2, -0.15) is 0 Å². The first-order chi connectivity index (χ1) is 9.13. The van der Waals surface area contributed by atoms with Crippen molar-refractivity contribution in [3.8, 4) is 0 Å². The molecule has 0 atom stereocenters. The molecule has 3 rings (SSSR count). The van der Waals surface area contributed by atoms with Crippen molar-refractivity contribution in [1.82, 2.24) is 10.3 Å². The van der Waals surface area contributed by atoms with E-state index in [1.165, 1.54) is 0 Å². The maximum absolute atomic E-state index is 12.2. The van der Waals surface area contributed by atoms with Gasteiger partial charge >= 0.3 is 0 Å². The maximum atomic E-state index is 12.2. The number of aromatic amines is 1. The maximum Gasteiger partial charge on any atom is 0.268 e. The van der Waals surface area contributed by atoms with Gasteiger partial charge in [0.15, 0.2) is 0 Å². The SMILES string of the molecule is Nc1cccc2cc(C(=O)NC3(CO)CCC3)[nH]c12. The van der Waals surface area contributed by atoms with Crippen molar-refractivity contribution in [1.29, 1.82) is 0 Å². The topological polar surface area (TPSA) is 91.1 Å². The fourth-order valence-corrected chi connectivity index (χ4v) is 2.54. The highest BCUT2D eigenvalue weighted by Gasteiger charge is 2.38. The Labute approximate surface area is 110 Å². The molecule has 0 spiro atoms. The van der Waals surface area contributed by atoms with Gasteiger partial charge in [-0.15, -0.1) is 0 Å². The molecule has 1 aromatic heterocycles. The summed E-state index contributed by atoms with van der Waals surface area (Å²) in [6, 6.07) is 7.34. The van der Waals surface area contributed by atoms with Crippen LogP contribution in [0, 0.1) is 0 Å². The molecule has 5 nitrogen and oxygen atoms in total. The van der Waals surface area contributed by atoms with Gasteiger partial charge in [0.05, 0.1) is 23.3 Å². The van der Waals surface area contributed by atoms with Crippen molar-refractivity contribution in [3.05, 3.63) is 30.0 Å². The third-order valence-electron chi connectivity index (χ3n) is 3.93. The van der Waals surface area contributed by atoms with Crippen molar-refractivity contribution in [2.24, 2.45) is 0 Å². The minimum atomic E-state index is -0.431. The number of hydrogen-bond acceptors (Lipinski definition) is 3. The molecule has 1 saturated carbocycles. The summed E-state index contributed by atoms with van der Waals surface area (Å²) in [4.78, 5) is 15.2. The Balaban J connectivity index is 1.87. The largest absolute Gasteiger partial charge is 0.397 e. The number of carbonyl (C=O) groups excluding carboxylic acids is 1. The molecular formula is C14H17N3O2. The smallest absolute Gasteiger partial charge is 0.268 e. The van der Waals surface area contributed by atoms with E-state index in [-0.39, 0.29) is 12.5 Å². The number of H-pyrrole nitrogens is 1. The number of aliphatic hydroxyl groups is 1. The molecule has 1 amide bonds. The summed E-state index contributed by atoms with van der Waals surface area (Å²) < 4.78 is 0. The molecule has 0 bridgehead atoms. The van der Waals surface area contributed by atoms with Gasteiger partial charge in [0.1, 0.15) is 5.69 Å². The first kappa shape index (κ1) is 12.0. The second-order valence-electron chi connectivity index (χ2n) is 5.24. The quantitative estimate of drug-likeness (QED) is 0.628. The van der Waals surface area contributed by atoms with Crippen LogP contribution < -0.4 is 11.1 Å². The van der Waals surface area contributed by atoms with Crippen molar-refractivity contribution in [3.63, 3.8) is 0 Å². The number of hydrogen-bond donors (Lipinski definition) is 4. The number of benzene rings is 1. The summed E-state index contributed by atoms with van der Waals surface area (Å²) in [6.07, 6.45) is 2.70. The summed E-state index contributed by atoms with van der Waals surface area (Å²) in [7, 11) is 0. The molecule has 5 N–H and O–H groups in total. The third kappa shape index (κ3) is 1.96. The van der Waals surface area contributed by atoms with Crippen LogP contribution in [0.4, 0.5) is 5.69 Å². The second-order valence-corrected chi connectivity index (χ2v) is 5.24. The third-order valence-corrected chi connectivity index (χ3v) is 3.93. The Morgan fingerprint density at radius 2 is 2.26 bits per heavy atom. The van der Waals surface area contributed by atoms with Gasteiger partial charge in [0.25, 0.3) is 5.91 Å². The minimum absolute atomic E-state index is 0.0128. The summed E-state index contributed by atoms with van der Waals surface area (Å²) >= 11 is 0. The predicted octanol–water partition coefficient (Wildman–Crippen LogP) is 1.39. The van der Waals surface area contributed by atoms with Gasteiger partial charge in [-0.1, -0.05) is 12.1 Å². The van der Waals surface area contributed by atoms with Crippen molar-refractivity contribution in [2.45, 2.75) is 24.8 Å².